The first kappa shape index (κ1) is 13.7. The molecule has 0 amide bonds. The number of rotatable bonds is 4. The molecular formula is C11H7BrN4O2. The number of benzene rings is 1. The summed E-state index contributed by atoms with van der Waals surface area (Å²) in [5, 5.41) is 31.0. The summed E-state index contributed by atoms with van der Waals surface area (Å²) in [6.07, 6.45) is 1.21. The van der Waals surface area contributed by atoms with Gasteiger partial charge in [-0.25, -0.2) is 0 Å². The Morgan fingerprint density at radius 3 is 2.67 bits per heavy atom. The Balaban J connectivity index is 3.16. The summed E-state index contributed by atoms with van der Waals surface area (Å²) >= 11 is 3.17. The van der Waals surface area contributed by atoms with E-state index in [9.17, 15) is 10.1 Å². The number of nitrogens with zero attached hydrogens (tertiary/aromatic N) is 3. The van der Waals surface area contributed by atoms with Crippen molar-refractivity contribution in [1.29, 1.82) is 10.5 Å². The van der Waals surface area contributed by atoms with Gasteiger partial charge in [0.2, 0.25) is 0 Å². The highest BCUT2D eigenvalue weighted by atomic mass is 79.9. The first-order valence-corrected chi connectivity index (χ1v) is 5.85. The van der Waals surface area contributed by atoms with Gasteiger partial charge in [0.1, 0.15) is 17.7 Å². The smallest absolute Gasteiger partial charge is 0.275 e. The number of allylic oxidation sites excluding steroid dienone is 1. The highest BCUT2D eigenvalue weighted by Gasteiger charge is 2.15. The van der Waals surface area contributed by atoms with Crippen LogP contribution < -0.4 is 5.32 Å². The predicted molar refractivity (Wildman–Crippen MR) is 68.7 cm³/mol. The van der Waals surface area contributed by atoms with Crippen LogP contribution in [0, 0.1) is 32.8 Å². The number of hydrogen-bond acceptors (Lipinski definition) is 5. The van der Waals surface area contributed by atoms with E-state index in [0.29, 0.717) is 11.3 Å². The van der Waals surface area contributed by atoms with Gasteiger partial charge in [-0.2, -0.15) is 10.5 Å². The Morgan fingerprint density at radius 2 is 2.17 bits per heavy atom. The zero-order chi connectivity index (χ0) is 13.5. The second-order valence-electron chi connectivity index (χ2n) is 3.12. The molecule has 6 nitrogen and oxygen atoms in total. The second-order valence-corrected chi connectivity index (χ2v) is 3.68. The molecule has 90 valence electrons. The van der Waals surface area contributed by atoms with Gasteiger partial charge in [0.15, 0.2) is 0 Å². The van der Waals surface area contributed by atoms with Gasteiger partial charge in [0.05, 0.1) is 10.5 Å². The summed E-state index contributed by atoms with van der Waals surface area (Å²) in [6, 6.07) is 7.93. The molecule has 7 heteroatoms. The summed E-state index contributed by atoms with van der Waals surface area (Å²) in [6.45, 7) is 0. The molecular weight excluding hydrogens is 300 g/mol. The molecule has 0 radical (unpaired) electrons. The predicted octanol–water partition coefficient (Wildman–Crippen LogP) is 2.83. The third-order valence-electron chi connectivity index (χ3n) is 2.09. The summed E-state index contributed by atoms with van der Waals surface area (Å²) in [5.74, 6) is 0. The molecule has 1 aromatic carbocycles. The fourth-order valence-electron chi connectivity index (χ4n) is 1.26. The standard InChI is InChI=1S/C11H7BrN4O2/c12-4-9-10(15-7-8(5-13)6-14)2-1-3-11(9)16(17)18/h1-3,7,15H,4H2. The van der Waals surface area contributed by atoms with Crippen LogP contribution in [0.25, 0.3) is 0 Å². The molecule has 0 saturated heterocycles. The lowest BCUT2D eigenvalue weighted by Gasteiger charge is -2.07. The van der Waals surface area contributed by atoms with Crippen molar-refractivity contribution < 1.29 is 4.92 Å². The molecule has 0 unspecified atom stereocenters. The van der Waals surface area contributed by atoms with Gasteiger partial charge in [-0.15, -0.1) is 0 Å². The molecule has 0 heterocycles. The molecule has 0 aliphatic rings. The van der Waals surface area contributed by atoms with E-state index in [2.05, 4.69) is 21.2 Å². The van der Waals surface area contributed by atoms with Crippen LogP contribution in [0.5, 0.6) is 0 Å². The van der Waals surface area contributed by atoms with Crippen molar-refractivity contribution in [2.75, 3.05) is 5.32 Å². The van der Waals surface area contributed by atoms with Gasteiger partial charge in [0, 0.05) is 23.3 Å². The Morgan fingerprint density at radius 1 is 1.50 bits per heavy atom. The van der Waals surface area contributed by atoms with Gasteiger partial charge in [0.25, 0.3) is 5.69 Å². The van der Waals surface area contributed by atoms with Crippen LogP contribution in [-0.4, -0.2) is 4.92 Å². The van der Waals surface area contributed by atoms with Crippen LogP contribution in [-0.2, 0) is 5.33 Å². The molecule has 0 aliphatic heterocycles. The first-order chi connectivity index (χ1) is 8.63. The third-order valence-corrected chi connectivity index (χ3v) is 2.66. The fourth-order valence-corrected chi connectivity index (χ4v) is 1.85. The zero-order valence-electron chi connectivity index (χ0n) is 9.05. The fraction of sp³-hybridized carbons (Fsp3) is 0.0909. The average Bonchev–Trinajstić information content (AvgIpc) is 2.39. The molecule has 0 aliphatic carbocycles. The van der Waals surface area contributed by atoms with Crippen LogP contribution in [0.3, 0.4) is 0 Å². The summed E-state index contributed by atoms with van der Waals surface area (Å²) in [4.78, 5) is 10.3. The highest BCUT2D eigenvalue weighted by molar-refractivity contribution is 9.08. The van der Waals surface area contributed by atoms with Gasteiger partial charge in [-0.3, -0.25) is 10.1 Å². The zero-order valence-corrected chi connectivity index (χ0v) is 10.6. The molecule has 0 atom stereocenters. The molecule has 0 spiro atoms. The van der Waals surface area contributed by atoms with E-state index in [0.717, 1.165) is 0 Å². The lowest BCUT2D eigenvalue weighted by Crippen LogP contribution is -1.99. The van der Waals surface area contributed by atoms with Crippen LogP contribution in [0.4, 0.5) is 11.4 Å². The monoisotopic (exact) mass is 306 g/mol. The number of hydrogen-bond donors (Lipinski definition) is 1. The SMILES string of the molecule is N#CC(C#N)=CNc1cccc([N+](=O)[O-])c1CBr. The minimum absolute atomic E-state index is 0.0271. The van der Waals surface area contributed by atoms with Crippen molar-refractivity contribution in [2.24, 2.45) is 0 Å². The van der Waals surface area contributed by atoms with E-state index >= 15 is 0 Å². The van der Waals surface area contributed by atoms with E-state index in [1.165, 1.54) is 18.3 Å². The third kappa shape index (κ3) is 3.06. The summed E-state index contributed by atoms with van der Waals surface area (Å²) in [7, 11) is 0. The summed E-state index contributed by atoms with van der Waals surface area (Å²) in [5.41, 5.74) is 0.792. The number of nitro groups is 1. The molecule has 0 saturated carbocycles. The van der Waals surface area contributed by atoms with E-state index < -0.39 is 4.92 Å². The number of anilines is 1. The minimum atomic E-state index is -0.485. The van der Waals surface area contributed by atoms with Gasteiger partial charge >= 0.3 is 0 Å². The lowest BCUT2D eigenvalue weighted by atomic mass is 10.1. The van der Waals surface area contributed by atoms with Gasteiger partial charge in [-0.05, 0) is 6.07 Å². The maximum absolute atomic E-state index is 10.8. The molecule has 1 aromatic rings. The second kappa shape index (κ2) is 6.38. The van der Waals surface area contributed by atoms with Crippen molar-refractivity contribution in [2.45, 2.75) is 5.33 Å². The number of alkyl halides is 1. The van der Waals surface area contributed by atoms with Crippen LogP contribution in [0.2, 0.25) is 0 Å². The highest BCUT2D eigenvalue weighted by Crippen LogP contribution is 2.28. The molecule has 18 heavy (non-hydrogen) atoms. The van der Waals surface area contributed by atoms with Crippen LogP contribution in [0.15, 0.2) is 30.0 Å². The topological polar surface area (TPSA) is 103 Å². The van der Waals surface area contributed by atoms with E-state index in [-0.39, 0.29) is 16.6 Å². The number of nitro benzene ring substituents is 1. The van der Waals surface area contributed by atoms with E-state index in [4.69, 9.17) is 10.5 Å². The molecule has 1 rings (SSSR count). The van der Waals surface area contributed by atoms with Crippen LogP contribution >= 0.6 is 15.9 Å². The van der Waals surface area contributed by atoms with Crippen molar-refractivity contribution >= 4 is 27.3 Å². The molecule has 0 bridgehead atoms. The molecule has 1 N–H and O–H groups in total. The average molecular weight is 307 g/mol. The quantitative estimate of drug-likeness (QED) is 0.399. The Bertz CT molecular complexity index is 568. The Kier molecular flexibility index (Phi) is 4.85. The first-order valence-electron chi connectivity index (χ1n) is 4.73. The van der Waals surface area contributed by atoms with Gasteiger partial charge < -0.3 is 5.32 Å². The largest absolute Gasteiger partial charge is 0.359 e. The number of halogens is 1. The van der Waals surface area contributed by atoms with E-state index in [1.807, 2.05) is 0 Å². The minimum Gasteiger partial charge on any atom is -0.359 e. The Labute approximate surface area is 111 Å². The van der Waals surface area contributed by atoms with Gasteiger partial charge in [-0.1, -0.05) is 22.0 Å². The maximum atomic E-state index is 10.8. The molecule has 0 fully saturated rings. The number of nitriles is 2. The number of nitrogens with one attached hydrogen (secondary N) is 1. The molecule has 0 aromatic heterocycles. The van der Waals surface area contributed by atoms with Crippen molar-refractivity contribution in [3.8, 4) is 12.1 Å². The lowest BCUT2D eigenvalue weighted by molar-refractivity contribution is -0.385. The maximum Gasteiger partial charge on any atom is 0.275 e. The summed E-state index contributed by atoms with van der Waals surface area (Å²) < 4.78 is 0. The van der Waals surface area contributed by atoms with Crippen molar-refractivity contribution in [3.63, 3.8) is 0 Å². The van der Waals surface area contributed by atoms with Crippen LogP contribution in [0.1, 0.15) is 5.56 Å². The van der Waals surface area contributed by atoms with Crippen molar-refractivity contribution in [3.05, 3.63) is 45.6 Å². The normalized spacial score (nSPS) is 8.83. The van der Waals surface area contributed by atoms with Crippen molar-refractivity contribution in [1.82, 2.24) is 0 Å². The van der Waals surface area contributed by atoms with E-state index in [1.54, 1.807) is 18.2 Å². The Hall–Kier alpha value is -2.38.